The number of halogens is 3. The topological polar surface area (TPSA) is 50.8 Å². The molecule has 0 unspecified atom stereocenters. The van der Waals surface area contributed by atoms with Gasteiger partial charge in [0.25, 0.3) is 0 Å². The fourth-order valence-corrected chi connectivity index (χ4v) is 2.37. The number of piperazine rings is 1. The van der Waals surface area contributed by atoms with Gasteiger partial charge in [-0.25, -0.2) is 4.79 Å². The van der Waals surface area contributed by atoms with E-state index in [2.05, 4.69) is 5.32 Å². The van der Waals surface area contributed by atoms with Gasteiger partial charge in [0.15, 0.2) is 0 Å². The van der Waals surface area contributed by atoms with E-state index in [1.807, 2.05) is 0 Å². The van der Waals surface area contributed by atoms with E-state index in [-0.39, 0.29) is 18.7 Å². The van der Waals surface area contributed by atoms with E-state index in [0.29, 0.717) is 25.4 Å². The van der Waals surface area contributed by atoms with Gasteiger partial charge in [0.2, 0.25) is 0 Å². The molecule has 1 N–H and O–H groups in total. The van der Waals surface area contributed by atoms with Gasteiger partial charge in [0, 0.05) is 19.6 Å². The molecule has 1 aromatic rings. The van der Waals surface area contributed by atoms with Crippen LogP contribution in [0.3, 0.4) is 0 Å². The molecule has 1 aromatic carbocycles. The highest BCUT2D eigenvalue weighted by molar-refractivity contribution is 5.68. The molecule has 1 atom stereocenters. The fourth-order valence-electron chi connectivity index (χ4n) is 2.37. The summed E-state index contributed by atoms with van der Waals surface area (Å²) in [5.74, 6) is 0.351. The second-order valence-corrected chi connectivity index (χ2v) is 6.91. The van der Waals surface area contributed by atoms with Gasteiger partial charge < -0.3 is 19.7 Å². The standard InChI is InChI=1S/C17H23F3N2O3/c1-16(2,3)25-15(23)22-9-8-21-13(10-22)11-24-14-6-4-12(5-7-14)17(18,19)20/h4-7,13,21H,8-11H2,1-3H3/t13-/m0/s1. The normalized spacial score (nSPS) is 18.8. The Kier molecular flexibility index (Phi) is 5.82. The summed E-state index contributed by atoms with van der Waals surface area (Å²) in [6.07, 6.45) is -4.74. The Morgan fingerprint density at radius 3 is 2.44 bits per heavy atom. The monoisotopic (exact) mass is 360 g/mol. The Bertz CT molecular complexity index is 582. The molecule has 1 aliphatic heterocycles. The third-order valence-electron chi connectivity index (χ3n) is 3.54. The van der Waals surface area contributed by atoms with Crippen LogP contribution < -0.4 is 10.1 Å². The lowest BCUT2D eigenvalue weighted by atomic mass is 10.2. The van der Waals surface area contributed by atoms with Gasteiger partial charge in [0.1, 0.15) is 18.0 Å². The second kappa shape index (κ2) is 7.51. The predicted octanol–water partition coefficient (Wildman–Crippen LogP) is 3.29. The number of amides is 1. The SMILES string of the molecule is CC(C)(C)OC(=O)N1CCN[C@H](COc2ccc(C(F)(F)F)cc2)C1. The van der Waals surface area contributed by atoms with E-state index >= 15 is 0 Å². The molecule has 1 amide bonds. The molecule has 0 aliphatic carbocycles. The molecule has 0 bridgehead atoms. The van der Waals surface area contributed by atoms with Crippen molar-refractivity contribution in [1.29, 1.82) is 0 Å². The Hall–Kier alpha value is -1.96. The zero-order valence-electron chi connectivity index (χ0n) is 14.5. The lowest BCUT2D eigenvalue weighted by Crippen LogP contribution is -2.55. The molecule has 0 radical (unpaired) electrons. The number of nitrogens with one attached hydrogen (secondary N) is 1. The van der Waals surface area contributed by atoms with Crippen LogP contribution in [0, 0.1) is 0 Å². The highest BCUT2D eigenvalue weighted by atomic mass is 19.4. The van der Waals surface area contributed by atoms with Crippen LogP contribution in [0.15, 0.2) is 24.3 Å². The first-order chi connectivity index (χ1) is 11.5. The Labute approximate surface area is 145 Å². The summed E-state index contributed by atoms with van der Waals surface area (Å²) in [5, 5.41) is 3.22. The minimum absolute atomic E-state index is 0.122. The van der Waals surface area contributed by atoms with E-state index in [4.69, 9.17) is 9.47 Å². The fraction of sp³-hybridized carbons (Fsp3) is 0.588. The number of hydrogen-bond donors (Lipinski definition) is 1. The van der Waals surface area contributed by atoms with Crippen LogP contribution in [0.2, 0.25) is 0 Å². The molecule has 1 aliphatic rings. The first-order valence-electron chi connectivity index (χ1n) is 8.06. The third-order valence-corrected chi connectivity index (χ3v) is 3.54. The maximum Gasteiger partial charge on any atom is 0.416 e. The Balaban J connectivity index is 1.85. The zero-order valence-corrected chi connectivity index (χ0v) is 14.5. The summed E-state index contributed by atoms with van der Waals surface area (Å²) in [4.78, 5) is 13.7. The number of benzene rings is 1. The van der Waals surface area contributed by atoms with Crippen LogP contribution in [0.4, 0.5) is 18.0 Å². The van der Waals surface area contributed by atoms with Gasteiger partial charge in [-0.3, -0.25) is 0 Å². The lowest BCUT2D eigenvalue weighted by Gasteiger charge is -2.34. The molecular weight excluding hydrogens is 337 g/mol. The minimum Gasteiger partial charge on any atom is -0.492 e. The maximum atomic E-state index is 12.5. The second-order valence-electron chi connectivity index (χ2n) is 6.91. The van der Waals surface area contributed by atoms with E-state index in [1.165, 1.54) is 12.1 Å². The van der Waals surface area contributed by atoms with Crippen LogP contribution in [-0.4, -0.2) is 48.9 Å². The summed E-state index contributed by atoms with van der Waals surface area (Å²) in [6, 6.07) is 4.42. The van der Waals surface area contributed by atoms with E-state index < -0.39 is 17.3 Å². The van der Waals surface area contributed by atoms with E-state index in [0.717, 1.165) is 12.1 Å². The van der Waals surface area contributed by atoms with Crippen molar-refractivity contribution in [2.45, 2.75) is 38.6 Å². The highest BCUT2D eigenvalue weighted by Crippen LogP contribution is 2.30. The molecule has 5 nitrogen and oxygen atoms in total. The lowest BCUT2D eigenvalue weighted by molar-refractivity contribution is -0.137. The zero-order chi connectivity index (χ0) is 18.7. The first-order valence-corrected chi connectivity index (χ1v) is 8.06. The number of ether oxygens (including phenoxy) is 2. The number of alkyl halides is 3. The Morgan fingerprint density at radius 1 is 1.24 bits per heavy atom. The van der Waals surface area contributed by atoms with Crippen molar-refractivity contribution in [3.8, 4) is 5.75 Å². The molecule has 1 fully saturated rings. The molecule has 25 heavy (non-hydrogen) atoms. The molecule has 140 valence electrons. The van der Waals surface area contributed by atoms with E-state index in [1.54, 1.807) is 25.7 Å². The van der Waals surface area contributed by atoms with Crippen molar-refractivity contribution in [2.75, 3.05) is 26.2 Å². The smallest absolute Gasteiger partial charge is 0.416 e. The number of hydrogen-bond acceptors (Lipinski definition) is 4. The average molecular weight is 360 g/mol. The van der Waals surface area contributed by atoms with Crippen molar-refractivity contribution in [3.05, 3.63) is 29.8 Å². The summed E-state index contributed by atoms with van der Waals surface area (Å²) in [7, 11) is 0. The first kappa shape index (κ1) is 19.4. The molecule has 0 saturated carbocycles. The van der Waals surface area contributed by atoms with Crippen molar-refractivity contribution in [2.24, 2.45) is 0 Å². The molecule has 0 spiro atoms. The molecule has 8 heteroatoms. The summed E-state index contributed by atoms with van der Waals surface area (Å²) in [5.41, 5.74) is -1.28. The number of carbonyl (C=O) groups excluding carboxylic acids is 1. The molecular formula is C17H23F3N2O3. The van der Waals surface area contributed by atoms with Crippen molar-refractivity contribution >= 4 is 6.09 Å². The molecule has 2 rings (SSSR count). The number of nitrogens with zero attached hydrogens (tertiary/aromatic N) is 1. The number of carbonyl (C=O) groups is 1. The van der Waals surface area contributed by atoms with Gasteiger partial charge in [-0.2, -0.15) is 13.2 Å². The average Bonchev–Trinajstić information content (AvgIpc) is 2.51. The van der Waals surface area contributed by atoms with Crippen LogP contribution in [0.1, 0.15) is 26.3 Å². The Morgan fingerprint density at radius 2 is 1.88 bits per heavy atom. The quantitative estimate of drug-likeness (QED) is 0.899. The van der Waals surface area contributed by atoms with Gasteiger partial charge in [0.05, 0.1) is 11.6 Å². The molecule has 0 aromatic heterocycles. The van der Waals surface area contributed by atoms with Crippen LogP contribution in [-0.2, 0) is 10.9 Å². The van der Waals surface area contributed by atoms with Crippen LogP contribution in [0.25, 0.3) is 0 Å². The van der Waals surface area contributed by atoms with Crippen molar-refractivity contribution in [3.63, 3.8) is 0 Å². The summed E-state index contributed by atoms with van der Waals surface area (Å²) in [6.45, 7) is 7.20. The molecule has 1 heterocycles. The van der Waals surface area contributed by atoms with Gasteiger partial charge in [-0.15, -0.1) is 0 Å². The van der Waals surface area contributed by atoms with Crippen LogP contribution in [0.5, 0.6) is 5.75 Å². The van der Waals surface area contributed by atoms with Gasteiger partial charge in [-0.1, -0.05) is 0 Å². The van der Waals surface area contributed by atoms with Gasteiger partial charge >= 0.3 is 12.3 Å². The minimum atomic E-state index is -4.36. The molecule has 1 saturated heterocycles. The summed E-state index contributed by atoms with van der Waals surface area (Å²) < 4.78 is 48.5. The van der Waals surface area contributed by atoms with Crippen molar-refractivity contribution in [1.82, 2.24) is 10.2 Å². The largest absolute Gasteiger partial charge is 0.492 e. The van der Waals surface area contributed by atoms with Crippen molar-refractivity contribution < 1.29 is 27.4 Å². The third kappa shape index (κ3) is 6.12. The number of rotatable bonds is 3. The highest BCUT2D eigenvalue weighted by Gasteiger charge is 2.30. The van der Waals surface area contributed by atoms with E-state index in [9.17, 15) is 18.0 Å². The summed E-state index contributed by atoms with van der Waals surface area (Å²) >= 11 is 0. The van der Waals surface area contributed by atoms with Gasteiger partial charge in [-0.05, 0) is 45.0 Å². The predicted molar refractivity (Wildman–Crippen MR) is 86.5 cm³/mol. The maximum absolute atomic E-state index is 12.5. The van der Waals surface area contributed by atoms with Crippen LogP contribution >= 0.6 is 0 Å².